The summed E-state index contributed by atoms with van der Waals surface area (Å²) in [6, 6.07) is 5.02. The highest BCUT2D eigenvalue weighted by atomic mass is 16.3. The van der Waals surface area contributed by atoms with Crippen LogP contribution in [0, 0.1) is 11.8 Å². The van der Waals surface area contributed by atoms with Crippen LogP contribution in [0.2, 0.25) is 0 Å². The molecule has 1 aromatic rings. The minimum absolute atomic E-state index is 0.334. The van der Waals surface area contributed by atoms with E-state index in [1.165, 1.54) is 25.7 Å². The molecule has 0 spiro atoms. The van der Waals surface area contributed by atoms with Crippen LogP contribution in [0.25, 0.3) is 0 Å². The van der Waals surface area contributed by atoms with Crippen LogP contribution in [0.1, 0.15) is 58.3 Å². The first-order valence-corrected chi connectivity index (χ1v) is 6.96. The Bertz CT molecular complexity index is 318. The quantitative estimate of drug-likeness (QED) is 0.848. The Labute approximate surface area is 105 Å². The Morgan fingerprint density at radius 2 is 2.12 bits per heavy atom. The number of hydrogen-bond donors (Lipinski definition) is 1. The molecule has 2 unspecified atom stereocenters. The maximum atomic E-state index is 5.45. The highest BCUT2D eigenvalue weighted by molar-refractivity contribution is 5.03. The van der Waals surface area contributed by atoms with Gasteiger partial charge in [0.1, 0.15) is 5.76 Å². The van der Waals surface area contributed by atoms with Crippen molar-refractivity contribution >= 4 is 0 Å². The first-order chi connectivity index (χ1) is 8.16. The van der Waals surface area contributed by atoms with Crippen LogP contribution < -0.4 is 5.32 Å². The van der Waals surface area contributed by atoms with Crippen molar-refractivity contribution in [2.75, 3.05) is 0 Å². The smallest absolute Gasteiger partial charge is 0.120 e. The third-order valence-corrected chi connectivity index (χ3v) is 4.11. The molecule has 2 rings (SSSR count). The normalized spacial score (nSPS) is 27.3. The Balaban J connectivity index is 1.86. The molecule has 0 amide bonds. The molecule has 0 radical (unpaired) electrons. The fourth-order valence-corrected chi connectivity index (χ4v) is 2.96. The van der Waals surface area contributed by atoms with Crippen LogP contribution in [0.5, 0.6) is 0 Å². The lowest BCUT2D eigenvalue weighted by Crippen LogP contribution is -2.36. The van der Waals surface area contributed by atoms with Gasteiger partial charge < -0.3 is 9.73 Å². The summed E-state index contributed by atoms with van der Waals surface area (Å²) < 4.78 is 5.45. The summed E-state index contributed by atoms with van der Waals surface area (Å²) in [6.07, 6.45) is 7.17. The van der Waals surface area contributed by atoms with Crippen molar-refractivity contribution in [3.8, 4) is 0 Å². The van der Waals surface area contributed by atoms with Gasteiger partial charge in [-0.15, -0.1) is 0 Å². The second-order valence-electron chi connectivity index (χ2n) is 5.77. The standard InChI is InChI=1S/C15H25NO/c1-11(2)13-6-4-7-14(10-13)16-12(3)15-8-5-9-17-15/h5,8-9,11-14,16H,4,6-7,10H2,1-3H3/t12-,13?,14?/m0/s1. The van der Waals surface area contributed by atoms with Crippen LogP contribution >= 0.6 is 0 Å². The van der Waals surface area contributed by atoms with Gasteiger partial charge in [0, 0.05) is 6.04 Å². The Kier molecular flexibility index (Phi) is 4.27. The summed E-state index contributed by atoms with van der Waals surface area (Å²) in [5.41, 5.74) is 0. The number of nitrogens with one attached hydrogen (secondary N) is 1. The zero-order chi connectivity index (χ0) is 12.3. The lowest BCUT2D eigenvalue weighted by molar-refractivity contribution is 0.218. The van der Waals surface area contributed by atoms with Crippen LogP contribution in [-0.2, 0) is 0 Å². The summed E-state index contributed by atoms with van der Waals surface area (Å²) >= 11 is 0. The first kappa shape index (κ1) is 12.7. The average molecular weight is 235 g/mol. The van der Waals surface area contributed by atoms with E-state index in [0.717, 1.165) is 17.6 Å². The lowest BCUT2D eigenvalue weighted by atomic mass is 9.79. The molecule has 1 fully saturated rings. The molecule has 1 saturated carbocycles. The lowest BCUT2D eigenvalue weighted by Gasteiger charge is -2.33. The van der Waals surface area contributed by atoms with Gasteiger partial charge in [-0.2, -0.15) is 0 Å². The van der Waals surface area contributed by atoms with Gasteiger partial charge in [0.15, 0.2) is 0 Å². The first-order valence-electron chi connectivity index (χ1n) is 6.96. The molecular weight excluding hydrogens is 210 g/mol. The van der Waals surface area contributed by atoms with Crippen molar-refractivity contribution in [3.63, 3.8) is 0 Å². The molecule has 1 heterocycles. The molecule has 1 aliphatic carbocycles. The number of hydrogen-bond acceptors (Lipinski definition) is 2. The Hall–Kier alpha value is -0.760. The van der Waals surface area contributed by atoms with Gasteiger partial charge in [0.25, 0.3) is 0 Å². The second-order valence-corrected chi connectivity index (χ2v) is 5.77. The zero-order valence-corrected chi connectivity index (χ0v) is 11.3. The fourth-order valence-electron chi connectivity index (χ4n) is 2.96. The van der Waals surface area contributed by atoms with Gasteiger partial charge in [-0.25, -0.2) is 0 Å². The SMILES string of the molecule is CC(C)C1CCCC(N[C@@H](C)c2ccco2)C1. The van der Waals surface area contributed by atoms with E-state index < -0.39 is 0 Å². The van der Waals surface area contributed by atoms with Gasteiger partial charge in [0.2, 0.25) is 0 Å². The third-order valence-electron chi connectivity index (χ3n) is 4.11. The molecule has 1 N–H and O–H groups in total. The van der Waals surface area contributed by atoms with E-state index in [4.69, 9.17) is 4.42 Å². The molecule has 0 saturated heterocycles. The van der Waals surface area contributed by atoms with Crippen molar-refractivity contribution < 1.29 is 4.42 Å². The van der Waals surface area contributed by atoms with Gasteiger partial charge >= 0.3 is 0 Å². The Morgan fingerprint density at radius 3 is 2.76 bits per heavy atom. The number of rotatable bonds is 4. The molecule has 3 atom stereocenters. The molecule has 1 aromatic heterocycles. The average Bonchev–Trinajstić information content (AvgIpc) is 2.82. The topological polar surface area (TPSA) is 25.2 Å². The van der Waals surface area contributed by atoms with Crippen molar-refractivity contribution in [3.05, 3.63) is 24.2 Å². The highest BCUT2D eigenvalue weighted by Gasteiger charge is 2.25. The van der Waals surface area contributed by atoms with E-state index in [0.29, 0.717) is 12.1 Å². The van der Waals surface area contributed by atoms with Crippen LogP contribution in [0.3, 0.4) is 0 Å². The zero-order valence-electron chi connectivity index (χ0n) is 11.3. The summed E-state index contributed by atoms with van der Waals surface area (Å²) in [6.45, 7) is 6.89. The summed E-state index contributed by atoms with van der Waals surface area (Å²) in [5.74, 6) is 2.76. The molecule has 0 aliphatic heterocycles. The maximum absolute atomic E-state index is 5.45. The van der Waals surface area contributed by atoms with Crippen LogP contribution in [0.4, 0.5) is 0 Å². The second kappa shape index (κ2) is 5.72. The highest BCUT2D eigenvalue weighted by Crippen LogP contribution is 2.31. The van der Waals surface area contributed by atoms with Crippen molar-refractivity contribution in [1.82, 2.24) is 5.32 Å². The van der Waals surface area contributed by atoms with Crippen LogP contribution in [-0.4, -0.2) is 6.04 Å². The molecule has 17 heavy (non-hydrogen) atoms. The van der Waals surface area contributed by atoms with Crippen molar-refractivity contribution in [1.29, 1.82) is 0 Å². The summed E-state index contributed by atoms with van der Waals surface area (Å²) in [7, 11) is 0. The van der Waals surface area contributed by atoms with Gasteiger partial charge in [0.05, 0.1) is 12.3 Å². The molecule has 2 nitrogen and oxygen atoms in total. The minimum Gasteiger partial charge on any atom is -0.468 e. The predicted molar refractivity (Wildman–Crippen MR) is 70.8 cm³/mol. The molecule has 2 heteroatoms. The third kappa shape index (κ3) is 3.35. The summed E-state index contributed by atoms with van der Waals surface area (Å²) in [5, 5.41) is 3.71. The molecule has 0 bridgehead atoms. The largest absolute Gasteiger partial charge is 0.468 e. The Morgan fingerprint density at radius 1 is 1.29 bits per heavy atom. The van der Waals surface area contributed by atoms with Crippen LogP contribution in [0.15, 0.2) is 22.8 Å². The predicted octanol–water partition coefficient (Wildman–Crippen LogP) is 4.15. The van der Waals surface area contributed by atoms with Gasteiger partial charge in [-0.1, -0.05) is 26.7 Å². The van der Waals surface area contributed by atoms with E-state index in [-0.39, 0.29) is 0 Å². The monoisotopic (exact) mass is 235 g/mol. The maximum Gasteiger partial charge on any atom is 0.120 e. The van der Waals surface area contributed by atoms with E-state index in [9.17, 15) is 0 Å². The van der Waals surface area contributed by atoms with E-state index in [1.807, 2.05) is 6.07 Å². The minimum atomic E-state index is 0.334. The molecule has 1 aliphatic rings. The van der Waals surface area contributed by atoms with Gasteiger partial charge in [-0.3, -0.25) is 0 Å². The number of furan rings is 1. The van der Waals surface area contributed by atoms with E-state index in [2.05, 4.69) is 32.2 Å². The van der Waals surface area contributed by atoms with Gasteiger partial charge in [-0.05, 0) is 43.7 Å². The molecule has 0 aromatic carbocycles. The van der Waals surface area contributed by atoms with E-state index >= 15 is 0 Å². The van der Waals surface area contributed by atoms with Crippen molar-refractivity contribution in [2.45, 2.75) is 58.5 Å². The summed E-state index contributed by atoms with van der Waals surface area (Å²) in [4.78, 5) is 0. The van der Waals surface area contributed by atoms with Crippen molar-refractivity contribution in [2.24, 2.45) is 11.8 Å². The fraction of sp³-hybridized carbons (Fsp3) is 0.733. The van der Waals surface area contributed by atoms with E-state index in [1.54, 1.807) is 6.26 Å². The molecular formula is C15H25NO. The molecule has 96 valence electrons.